The summed E-state index contributed by atoms with van der Waals surface area (Å²) in [6.45, 7) is 5.60. The van der Waals surface area contributed by atoms with Gasteiger partial charge < -0.3 is 15.5 Å². The normalized spacial score (nSPS) is 11.3. The molecule has 0 atom stereocenters. The molecule has 2 rings (SSSR count). The lowest BCUT2D eigenvalue weighted by atomic mass is 10.1. The van der Waals surface area contributed by atoms with E-state index in [2.05, 4.69) is 29.1 Å². The Labute approximate surface area is 148 Å². The number of benzene rings is 1. The second kappa shape index (κ2) is 9.45. The fourth-order valence-electron chi connectivity index (χ4n) is 1.80. The molecule has 0 aliphatic rings. The van der Waals surface area contributed by atoms with Gasteiger partial charge in [0.25, 0.3) is 0 Å². The van der Waals surface area contributed by atoms with Crippen LogP contribution in [0.2, 0.25) is 0 Å². The molecular formula is C16H23IN4O. The molecular weight excluding hydrogens is 391 g/mol. The average Bonchev–Trinajstić information content (AvgIpc) is 2.94. The molecule has 0 aliphatic heterocycles. The highest BCUT2D eigenvalue weighted by Crippen LogP contribution is 2.18. The van der Waals surface area contributed by atoms with Crippen LogP contribution in [0.4, 0.5) is 0 Å². The van der Waals surface area contributed by atoms with Crippen molar-refractivity contribution in [2.45, 2.75) is 26.8 Å². The van der Waals surface area contributed by atoms with Gasteiger partial charge in [-0.15, -0.1) is 24.0 Å². The van der Waals surface area contributed by atoms with Gasteiger partial charge in [-0.1, -0.05) is 32.0 Å². The van der Waals surface area contributed by atoms with E-state index in [-0.39, 0.29) is 24.0 Å². The minimum Gasteiger partial charge on any atom is -0.444 e. The van der Waals surface area contributed by atoms with Gasteiger partial charge in [0, 0.05) is 12.1 Å². The van der Waals surface area contributed by atoms with Crippen LogP contribution in [0.25, 0.3) is 11.5 Å². The molecule has 2 aromatic rings. The molecule has 5 nitrogen and oxygen atoms in total. The summed E-state index contributed by atoms with van der Waals surface area (Å²) in [7, 11) is 0. The zero-order valence-corrected chi connectivity index (χ0v) is 15.3. The van der Waals surface area contributed by atoms with Crippen molar-refractivity contribution in [3.63, 3.8) is 0 Å². The molecule has 0 aliphatic carbocycles. The van der Waals surface area contributed by atoms with Crippen molar-refractivity contribution in [1.82, 2.24) is 10.3 Å². The molecule has 120 valence electrons. The molecule has 1 heterocycles. The highest BCUT2D eigenvalue weighted by atomic mass is 127. The summed E-state index contributed by atoms with van der Waals surface area (Å²) in [5.41, 5.74) is 7.53. The van der Waals surface area contributed by atoms with Crippen LogP contribution in [0.5, 0.6) is 0 Å². The van der Waals surface area contributed by atoms with Crippen molar-refractivity contribution in [1.29, 1.82) is 0 Å². The van der Waals surface area contributed by atoms with Crippen LogP contribution in [0.3, 0.4) is 0 Å². The van der Waals surface area contributed by atoms with Gasteiger partial charge in [-0.2, -0.15) is 0 Å². The van der Waals surface area contributed by atoms with Crippen molar-refractivity contribution in [3.05, 3.63) is 42.3 Å². The molecule has 0 saturated carbocycles. The lowest BCUT2D eigenvalue weighted by Crippen LogP contribution is -2.32. The third-order valence-corrected chi connectivity index (χ3v) is 3.01. The maximum atomic E-state index is 5.81. The fourth-order valence-corrected chi connectivity index (χ4v) is 1.80. The Morgan fingerprint density at radius 2 is 2.05 bits per heavy atom. The van der Waals surface area contributed by atoms with E-state index in [0.29, 0.717) is 24.3 Å². The van der Waals surface area contributed by atoms with Gasteiger partial charge in [0.1, 0.15) is 12.0 Å². The third-order valence-electron chi connectivity index (χ3n) is 3.01. The first-order chi connectivity index (χ1) is 10.1. The third kappa shape index (κ3) is 6.05. The number of nitrogens with one attached hydrogen (secondary N) is 1. The lowest BCUT2D eigenvalue weighted by Gasteiger charge is -2.06. The SMILES string of the molecule is CC(C)CCNC(N)=NCc1coc(-c2ccccc2)n1.I. The Kier molecular flexibility index (Phi) is 7.94. The minimum absolute atomic E-state index is 0. The maximum Gasteiger partial charge on any atom is 0.226 e. The number of hydrogen-bond acceptors (Lipinski definition) is 3. The maximum absolute atomic E-state index is 5.81. The Balaban J connectivity index is 0.00000242. The quantitative estimate of drug-likeness (QED) is 0.432. The number of rotatable bonds is 6. The zero-order chi connectivity index (χ0) is 15.1. The van der Waals surface area contributed by atoms with E-state index in [4.69, 9.17) is 10.2 Å². The smallest absolute Gasteiger partial charge is 0.226 e. The number of nitrogens with zero attached hydrogens (tertiary/aromatic N) is 2. The van der Waals surface area contributed by atoms with E-state index in [1.54, 1.807) is 6.26 Å². The van der Waals surface area contributed by atoms with Crippen molar-refractivity contribution < 1.29 is 4.42 Å². The Bertz CT molecular complexity index is 581. The number of oxazole rings is 1. The van der Waals surface area contributed by atoms with Crippen LogP contribution in [-0.4, -0.2) is 17.5 Å². The Morgan fingerprint density at radius 3 is 2.73 bits per heavy atom. The van der Waals surface area contributed by atoms with Crippen LogP contribution in [0, 0.1) is 5.92 Å². The molecule has 0 radical (unpaired) electrons. The van der Waals surface area contributed by atoms with E-state index in [1.807, 2.05) is 30.3 Å². The number of halogens is 1. The van der Waals surface area contributed by atoms with Crippen LogP contribution < -0.4 is 11.1 Å². The summed E-state index contributed by atoms with van der Waals surface area (Å²) in [5.74, 6) is 1.70. The molecule has 22 heavy (non-hydrogen) atoms. The summed E-state index contributed by atoms with van der Waals surface area (Å²) in [6, 6.07) is 9.78. The first-order valence-electron chi connectivity index (χ1n) is 7.18. The van der Waals surface area contributed by atoms with E-state index in [1.165, 1.54) is 0 Å². The van der Waals surface area contributed by atoms with Crippen LogP contribution >= 0.6 is 24.0 Å². The standard InChI is InChI=1S/C16H22N4O.HI/c1-12(2)8-9-18-16(17)19-10-14-11-21-15(20-14)13-6-4-3-5-7-13;/h3-7,11-12H,8-10H2,1-2H3,(H3,17,18,19);1H. The molecule has 0 bridgehead atoms. The van der Waals surface area contributed by atoms with Crippen LogP contribution in [-0.2, 0) is 6.54 Å². The van der Waals surface area contributed by atoms with Gasteiger partial charge in [-0.25, -0.2) is 9.98 Å². The number of hydrogen-bond donors (Lipinski definition) is 2. The first kappa shape index (κ1) is 18.5. The molecule has 1 aromatic carbocycles. The highest BCUT2D eigenvalue weighted by Gasteiger charge is 2.05. The summed E-state index contributed by atoms with van der Waals surface area (Å²) in [4.78, 5) is 8.66. The predicted molar refractivity (Wildman–Crippen MR) is 100 cm³/mol. The van der Waals surface area contributed by atoms with Crippen molar-refractivity contribution in [2.75, 3.05) is 6.54 Å². The molecule has 1 aromatic heterocycles. The zero-order valence-electron chi connectivity index (χ0n) is 13.0. The number of guanidine groups is 1. The Hall–Kier alpha value is -1.57. The van der Waals surface area contributed by atoms with Crippen LogP contribution in [0.1, 0.15) is 26.0 Å². The molecule has 3 N–H and O–H groups in total. The summed E-state index contributed by atoms with van der Waals surface area (Å²) >= 11 is 0. The van der Waals surface area contributed by atoms with Crippen molar-refractivity contribution in [2.24, 2.45) is 16.6 Å². The number of aliphatic imine (C=N–C) groups is 1. The van der Waals surface area contributed by atoms with Gasteiger partial charge in [0.05, 0.1) is 6.54 Å². The largest absolute Gasteiger partial charge is 0.444 e. The number of aromatic nitrogens is 1. The molecule has 0 spiro atoms. The summed E-state index contributed by atoms with van der Waals surface area (Å²) in [5, 5.41) is 3.09. The second-order valence-electron chi connectivity index (χ2n) is 5.32. The van der Waals surface area contributed by atoms with E-state index in [9.17, 15) is 0 Å². The van der Waals surface area contributed by atoms with Crippen molar-refractivity contribution >= 4 is 29.9 Å². The topological polar surface area (TPSA) is 76.4 Å². The fraction of sp³-hybridized carbons (Fsp3) is 0.375. The molecule has 0 amide bonds. The molecule has 6 heteroatoms. The Morgan fingerprint density at radius 1 is 1.32 bits per heavy atom. The van der Waals surface area contributed by atoms with Gasteiger partial charge in [0.2, 0.25) is 5.89 Å². The summed E-state index contributed by atoms with van der Waals surface area (Å²) in [6.07, 6.45) is 2.69. The van der Waals surface area contributed by atoms with E-state index in [0.717, 1.165) is 24.2 Å². The molecule has 0 fully saturated rings. The average molecular weight is 414 g/mol. The first-order valence-corrected chi connectivity index (χ1v) is 7.18. The molecule has 0 unspecified atom stereocenters. The monoisotopic (exact) mass is 414 g/mol. The highest BCUT2D eigenvalue weighted by molar-refractivity contribution is 14.0. The van der Waals surface area contributed by atoms with E-state index < -0.39 is 0 Å². The van der Waals surface area contributed by atoms with Gasteiger partial charge in [-0.3, -0.25) is 0 Å². The van der Waals surface area contributed by atoms with Crippen molar-refractivity contribution in [3.8, 4) is 11.5 Å². The minimum atomic E-state index is 0. The van der Waals surface area contributed by atoms with E-state index >= 15 is 0 Å². The van der Waals surface area contributed by atoms with Gasteiger partial charge in [0.15, 0.2) is 5.96 Å². The van der Waals surface area contributed by atoms with Crippen LogP contribution in [0.15, 0.2) is 46.0 Å². The van der Waals surface area contributed by atoms with Gasteiger partial charge in [-0.05, 0) is 24.5 Å². The predicted octanol–water partition coefficient (Wildman–Crippen LogP) is 3.41. The van der Waals surface area contributed by atoms with Gasteiger partial charge >= 0.3 is 0 Å². The number of nitrogens with two attached hydrogens (primary N) is 1. The lowest BCUT2D eigenvalue weighted by molar-refractivity contribution is 0.572. The summed E-state index contributed by atoms with van der Waals surface area (Å²) < 4.78 is 5.45. The second-order valence-corrected chi connectivity index (χ2v) is 5.32. The molecule has 0 saturated heterocycles.